The van der Waals surface area contributed by atoms with Crippen LogP contribution in [0.2, 0.25) is 0 Å². The van der Waals surface area contributed by atoms with Gasteiger partial charge in [-0.25, -0.2) is 4.98 Å². The molecule has 0 saturated carbocycles. The van der Waals surface area contributed by atoms with Crippen molar-refractivity contribution in [2.24, 2.45) is 0 Å². The van der Waals surface area contributed by atoms with Crippen LogP contribution in [0.15, 0.2) is 47.1 Å². The molecule has 0 bridgehead atoms. The van der Waals surface area contributed by atoms with E-state index in [4.69, 9.17) is 0 Å². The molecule has 21 heavy (non-hydrogen) atoms. The van der Waals surface area contributed by atoms with Crippen LogP contribution in [-0.4, -0.2) is 21.1 Å². The van der Waals surface area contributed by atoms with Crippen molar-refractivity contribution in [1.82, 2.24) is 4.98 Å². The van der Waals surface area contributed by atoms with E-state index in [1.54, 1.807) is 0 Å². The molecule has 0 fully saturated rings. The molecule has 110 valence electrons. The SMILES string of the molecule is C[C@@H](Nc1ccc([N+](=O)[O-])cn1)[C@@H](O)c1ccc(Br)cc1. The monoisotopic (exact) mass is 351 g/mol. The summed E-state index contributed by atoms with van der Waals surface area (Å²) in [6, 6.07) is 9.97. The molecule has 1 aromatic carbocycles. The molecule has 0 aliphatic carbocycles. The molecule has 0 radical (unpaired) electrons. The normalized spacial score (nSPS) is 13.5. The third-order valence-corrected chi connectivity index (χ3v) is 3.55. The highest BCUT2D eigenvalue weighted by Gasteiger charge is 2.17. The summed E-state index contributed by atoms with van der Waals surface area (Å²) in [5.74, 6) is 0.476. The number of aliphatic hydroxyl groups excluding tert-OH is 1. The fraction of sp³-hybridized carbons (Fsp3) is 0.214. The van der Waals surface area contributed by atoms with Crippen LogP contribution in [0.3, 0.4) is 0 Å². The van der Waals surface area contributed by atoms with Crippen molar-refractivity contribution in [3.63, 3.8) is 0 Å². The lowest BCUT2D eigenvalue weighted by Gasteiger charge is -2.21. The Labute approximate surface area is 130 Å². The van der Waals surface area contributed by atoms with Crippen molar-refractivity contribution in [2.75, 3.05) is 5.32 Å². The number of hydrogen-bond donors (Lipinski definition) is 2. The van der Waals surface area contributed by atoms with Crippen LogP contribution in [0.4, 0.5) is 11.5 Å². The van der Waals surface area contributed by atoms with Gasteiger partial charge in [0.1, 0.15) is 12.0 Å². The third-order valence-electron chi connectivity index (χ3n) is 3.02. The molecular weight excluding hydrogens is 338 g/mol. The summed E-state index contributed by atoms with van der Waals surface area (Å²) in [6.45, 7) is 1.82. The fourth-order valence-electron chi connectivity index (χ4n) is 1.84. The Morgan fingerprint density at radius 3 is 2.48 bits per heavy atom. The van der Waals surface area contributed by atoms with Gasteiger partial charge in [-0.15, -0.1) is 0 Å². The smallest absolute Gasteiger partial charge is 0.287 e. The second kappa shape index (κ2) is 6.64. The van der Waals surface area contributed by atoms with Gasteiger partial charge in [-0.2, -0.15) is 0 Å². The number of halogens is 1. The highest BCUT2D eigenvalue weighted by atomic mass is 79.9. The Morgan fingerprint density at radius 1 is 1.29 bits per heavy atom. The third kappa shape index (κ3) is 3.99. The first-order valence-corrected chi connectivity index (χ1v) is 7.07. The molecular formula is C14H14BrN3O3. The van der Waals surface area contributed by atoms with Gasteiger partial charge in [0.05, 0.1) is 17.1 Å². The van der Waals surface area contributed by atoms with Crippen LogP contribution in [0, 0.1) is 10.1 Å². The maximum atomic E-state index is 10.6. The van der Waals surface area contributed by atoms with E-state index in [1.165, 1.54) is 18.3 Å². The van der Waals surface area contributed by atoms with Crippen LogP contribution in [0.25, 0.3) is 0 Å². The van der Waals surface area contributed by atoms with Gasteiger partial charge in [0, 0.05) is 10.5 Å². The number of nitrogens with zero attached hydrogens (tertiary/aromatic N) is 2. The van der Waals surface area contributed by atoms with Gasteiger partial charge in [-0.3, -0.25) is 10.1 Å². The molecule has 1 aromatic heterocycles. The molecule has 2 N–H and O–H groups in total. The Bertz CT molecular complexity index is 616. The van der Waals surface area contributed by atoms with Gasteiger partial charge in [0.15, 0.2) is 0 Å². The van der Waals surface area contributed by atoms with Crippen molar-refractivity contribution < 1.29 is 10.0 Å². The zero-order chi connectivity index (χ0) is 15.4. The molecule has 7 heteroatoms. The number of hydrogen-bond acceptors (Lipinski definition) is 5. The predicted octanol–water partition coefficient (Wildman–Crippen LogP) is 3.29. The lowest BCUT2D eigenvalue weighted by atomic mass is 10.0. The summed E-state index contributed by atoms with van der Waals surface area (Å²) >= 11 is 3.34. The van der Waals surface area contributed by atoms with E-state index in [0.29, 0.717) is 5.82 Å². The van der Waals surface area contributed by atoms with Gasteiger partial charge in [-0.05, 0) is 30.7 Å². The van der Waals surface area contributed by atoms with Gasteiger partial charge in [0.2, 0.25) is 0 Å². The van der Waals surface area contributed by atoms with Gasteiger partial charge in [-0.1, -0.05) is 28.1 Å². The van der Waals surface area contributed by atoms with Crippen molar-refractivity contribution >= 4 is 27.4 Å². The molecule has 0 aliphatic heterocycles. The predicted molar refractivity (Wildman–Crippen MR) is 83.1 cm³/mol. The summed E-state index contributed by atoms with van der Waals surface area (Å²) in [5.41, 5.74) is 0.710. The summed E-state index contributed by atoms with van der Waals surface area (Å²) in [7, 11) is 0. The van der Waals surface area contributed by atoms with Crippen molar-refractivity contribution in [3.05, 3.63) is 62.7 Å². The Balaban J connectivity index is 2.04. The highest BCUT2D eigenvalue weighted by molar-refractivity contribution is 9.10. The lowest BCUT2D eigenvalue weighted by Crippen LogP contribution is -2.24. The quantitative estimate of drug-likeness (QED) is 0.637. The minimum atomic E-state index is -0.713. The second-order valence-electron chi connectivity index (χ2n) is 4.59. The minimum Gasteiger partial charge on any atom is -0.386 e. The Kier molecular flexibility index (Phi) is 4.87. The molecule has 2 aromatic rings. The van der Waals surface area contributed by atoms with Crippen molar-refractivity contribution in [3.8, 4) is 0 Å². The van der Waals surface area contributed by atoms with Gasteiger partial charge >= 0.3 is 0 Å². The molecule has 2 rings (SSSR count). The molecule has 0 saturated heterocycles. The molecule has 1 heterocycles. The number of aromatic nitrogens is 1. The first kappa shape index (κ1) is 15.4. The molecule has 0 spiro atoms. The molecule has 0 aliphatic rings. The number of aliphatic hydroxyl groups is 1. The zero-order valence-corrected chi connectivity index (χ0v) is 12.8. The molecule has 2 atom stereocenters. The first-order valence-electron chi connectivity index (χ1n) is 6.28. The number of nitrogens with one attached hydrogen (secondary N) is 1. The van der Waals surface area contributed by atoms with Crippen LogP contribution < -0.4 is 5.32 Å². The average Bonchev–Trinajstić information content (AvgIpc) is 2.47. The zero-order valence-electron chi connectivity index (χ0n) is 11.2. The number of benzene rings is 1. The lowest BCUT2D eigenvalue weighted by molar-refractivity contribution is -0.385. The second-order valence-corrected chi connectivity index (χ2v) is 5.50. The topological polar surface area (TPSA) is 88.3 Å². The van der Waals surface area contributed by atoms with E-state index in [9.17, 15) is 15.2 Å². The van der Waals surface area contributed by atoms with E-state index in [1.807, 2.05) is 31.2 Å². The summed E-state index contributed by atoms with van der Waals surface area (Å²) in [4.78, 5) is 14.0. The first-order chi connectivity index (χ1) is 9.97. The largest absolute Gasteiger partial charge is 0.386 e. The van der Waals surface area contributed by atoms with Gasteiger partial charge in [0.25, 0.3) is 5.69 Å². The number of pyridine rings is 1. The summed E-state index contributed by atoms with van der Waals surface area (Å²) in [6.07, 6.45) is 0.469. The molecule has 0 amide bonds. The van der Waals surface area contributed by atoms with E-state index in [0.717, 1.165) is 10.0 Å². The van der Waals surface area contributed by atoms with E-state index >= 15 is 0 Å². The highest BCUT2D eigenvalue weighted by Crippen LogP contribution is 2.22. The Hall–Kier alpha value is -1.99. The van der Waals surface area contributed by atoms with Crippen molar-refractivity contribution in [1.29, 1.82) is 0 Å². The number of nitro groups is 1. The summed E-state index contributed by atoms with van der Waals surface area (Å²) in [5, 5.41) is 23.9. The van der Waals surface area contributed by atoms with Crippen molar-refractivity contribution in [2.45, 2.75) is 19.1 Å². The average molecular weight is 352 g/mol. The number of rotatable bonds is 5. The fourth-order valence-corrected chi connectivity index (χ4v) is 2.10. The van der Waals surface area contributed by atoms with Crippen LogP contribution in [-0.2, 0) is 0 Å². The minimum absolute atomic E-state index is 0.0679. The maximum Gasteiger partial charge on any atom is 0.287 e. The van der Waals surface area contributed by atoms with E-state index in [-0.39, 0.29) is 11.7 Å². The van der Waals surface area contributed by atoms with Gasteiger partial charge < -0.3 is 10.4 Å². The molecule has 6 nitrogen and oxygen atoms in total. The maximum absolute atomic E-state index is 10.6. The standard InChI is InChI=1S/C14H14BrN3O3/c1-9(14(19)10-2-4-11(15)5-3-10)17-13-7-6-12(8-16-13)18(20)21/h2-9,14,19H,1H3,(H,16,17)/t9-,14-/m1/s1. The van der Waals surface area contributed by atoms with E-state index in [2.05, 4.69) is 26.2 Å². The Morgan fingerprint density at radius 2 is 1.95 bits per heavy atom. The molecule has 0 unspecified atom stereocenters. The van der Waals surface area contributed by atoms with E-state index < -0.39 is 11.0 Å². The number of anilines is 1. The van der Waals surface area contributed by atoms with Crippen LogP contribution >= 0.6 is 15.9 Å². The van der Waals surface area contributed by atoms with Crippen LogP contribution in [0.5, 0.6) is 0 Å². The van der Waals surface area contributed by atoms with Crippen LogP contribution in [0.1, 0.15) is 18.6 Å². The summed E-state index contributed by atoms with van der Waals surface area (Å²) < 4.78 is 0.941.